The standard InChI is InChI=1S/C16H19BO6S2/c1-3-24(18,19)15-9-5-13(6-10-15)22-17-23-14-7-11-16(12-8-14)25(20,21)4-2/h5-12,17H,3-4H2,1-2H3. The van der Waals surface area contributed by atoms with E-state index in [1.165, 1.54) is 24.3 Å². The van der Waals surface area contributed by atoms with Crippen LogP contribution in [-0.4, -0.2) is 36.0 Å². The van der Waals surface area contributed by atoms with Crippen LogP contribution in [0, 0.1) is 0 Å². The third-order valence-corrected chi connectivity index (χ3v) is 7.08. The lowest BCUT2D eigenvalue weighted by molar-refractivity contribution is 0.458. The fraction of sp³-hybridized carbons (Fsp3) is 0.250. The van der Waals surface area contributed by atoms with E-state index in [0.29, 0.717) is 11.5 Å². The molecular formula is C16H19BO6S2. The van der Waals surface area contributed by atoms with Gasteiger partial charge in [-0.2, -0.15) is 0 Å². The molecule has 134 valence electrons. The summed E-state index contributed by atoms with van der Waals surface area (Å²) >= 11 is 0. The molecule has 0 radical (unpaired) electrons. The molecule has 2 aromatic rings. The largest absolute Gasteiger partial charge is 0.576 e. The Kier molecular flexibility index (Phi) is 6.13. The Labute approximate surface area is 148 Å². The van der Waals surface area contributed by atoms with Gasteiger partial charge in [0, 0.05) is 0 Å². The van der Waals surface area contributed by atoms with E-state index in [4.69, 9.17) is 9.31 Å². The van der Waals surface area contributed by atoms with Gasteiger partial charge in [-0.05, 0) is 48.5 Å². The van der Waals surface area contributed by atoms with Gasteiger partial charge in [0.2, 0.25) is 0 Å². The van der Waals surface area contributed by atoms with Gasteiger partial charge in [0.1, 0.15) is 11.5 Å². The van der Waals surface area contributed by atoms with Gasteiger partial charge in [-0.15, -0.1) is 0 Å². The summed E-state index contributed by atoms with van der Waals surface area (Å²) in [6, 6.07) is 12.2. The number of hydrogen-bond donors (Lipinski definition) is 0. The van der Waals surface area contributed by atoms with E-state index >= 15 is 0 Å². The van der Waals surface area contributed by atoms with Crippen LogP contribution >= 0.6 is 0 Å². The van der Waals surface area contributed by atoms with Crippen LogP contribution in [-0.2, 0) is 19.7 Å². The Bertz CT molecular complexity index is 827. The summed E-state index contributed by atoms with van der Waals surface area (Å²) in [6.45, 7) is 3.18. The van der Waals surface area contributed by atoms with Crippen molar-refractivity contribution in [1.29, 1.82) is 0 Å². The summed E-state index contributed by atoms with van der Waals surface area (Å²) in [7, 11) is -6.55. The second-order valence-corrected chi connectivity index (χ2v) is 9.71. The average Bonchev–Trinajstić information content (AvgIpc) is 2.62. The molecule has 0 saturated heterocycles. The second kappa shape index (κ2) is 7.92. The van der Waals surface area contributed by atoms with Crippen molar-refractivity contribution in [2.45, 2.75) is 23.6 Å². The Morgan fingerprint density at radius 2 is 1.00 bits per heavy atom. The van der Waals surface area contributed by atoms with E-state index in [9.17, 15) is 16.8 Å². The van der Waals surface area contributed by atoms with Gasteiger partial charge < -0.3 is 9.31 Å². The highest BCUT2D eigenvalue weighted by Crippen LogP contribution is 2.19. The van der Waals surface area contributed by atoms with E-state index in [1.807, 2.05) is 0 Å². The molecule has 0 saturated carbocycles. The first-order valence-electron chi connectivity index (χ1n) is 7.69. The molecule has 0 spiro atoms. The zero-order chi connectivity index (χ0) is 18.5. The van der Waals surface area contributed by atoms with Crippen molar-refractivity contribution < 1.29 is 26.1 Å². The summed E-state index contributed by atoms with van der Waals surface area (Å²) in [6.07, 6.45) is 0. The number of hydrogen-bond acceptors (Lipinski definition) is 6. The highest BCUT2D eigenvalue weighted by Gasteiger charge is 2.12. The Morgan fingerprint density at radius 3 is 1.28 bits per heavy atom. The molecule has 25 heavy (non-hydrogen) atoms. The molecule has 2 rings (SSSR count). The lowest BCUT2D eigenvalue weighted by atomic mass is 10.3. The van der Waals surface area contributed by atoms with Crippen LogP contribution < -0.4 is 9.31 Å². The minimum absolute atomic E-state index is 0.0417. The minimum atomic E-state index is -3.23. The van der Waals surface area contributed by atoms with Gasteiger partial charge in [-0.3, -0.25) is 0 Å². The molecule has 0 bridgehead atoms. The van der Waals surface area contributed by atoms with Crippen LogP contribution in [0.1, 0.15) is 13.8 Å². The summed E-state index contributed by atoms with van der Waals surface area (Å²) in [5, 5.41) is 0. The van der Waals surface area contributed by atoms with E-state index in [0.717, 1.165) is 0 Å². The normalized spacial score (nSPS) is 11.8. The number of benzene rings is 2. The van der Waals surface area contributed by atoms with Crippen molar-refractivity contribution >= 4 is 27.4 Å². The highest BCUT2D eigenvalue weighted by atomic mass is 32.2. The van der Waals surface area contributed by atoms with Crippen molar-refractivity contribution in [1.82, 2.24) is 0 Å². The van der Waals surface area contributed by atoms with E-state index in [-0.39, 0.29) is 29.0 Å². The third kappa shape index (κ3) is 4.99. The van der Waals surface area contributed by atoms with Crippen LogP contribution in [0.3, 0.4) is 0 Å². The summed E-state index contributed by atoms with van der Waals surface area (Å²) in [4.78, 5) is 0.493. The predicted octanol–water partition coefficient (Wildman–Crippen LogP) is 2.00. The Balaban J connectivity index is 1.93. The van der Waals surface area contributed by atoms with E-state index < -0.39 is 19.7 Å². The van der Waals surface area contributed by atoms with Gasteiger partial charge in [-0.1, -0.05) is 13.8 Å². The van der Waals surface area contributed by atoms with Crippen LogP contribution in [0.25, 0.3) is 0 Å². The molecular weight excluding hydrogens is 363 g/mol. The Hall–Kier alpha value is -2.00. The van der Waals surface area contributed by atoms with Gasteiger partial charge >= 0.3 is 7.69 Å². The SMILES string of the molecule is CCS(=O)(=O)c1ccc(OBOc2ccc(S(=O)(=O)CC)cc2)cc1. The maximum atomic E-state index is 11.7. The van der Waals surface area contributed by atoms with E-state index in [2.05, 4.69) is 0 Å². The van der Waals surface area contributed by atoms with Gasteiger partial charge in [-0.25, -0.2) is 16.8 Å². The fourth-order valence-electron chi connectivity index (χ4n) is 1.99. The Morgan fingerprint density at radius 1 is 0.680 bits per heavy atom. The van der Waals surface area contributed by atoms with Gasteiger partial charge in [0.05, 0.1) is 21.3 Å². The molecule has 0 aliphatic rings. The molecule has 0 fully saturated rings. The lowest BCUT2D eigenvalue weighted by Crippen LogP contribution is -2.11. The maximum Gasteiger partial charge on any atom is 0.576 e. The topological polar surface area (TPSA) is 86.7 Å². The molecule has 0 aliphatic carbocycles. The summed E-state index contributed by atoms with van der Waals surface area (Å²) < 4.78 is 57.7. The first kappa shape index (κ1) is 19.3. The molecule has 0 unspecified atom stereocenters. The molecule has 6 nitrogen and oxygen atoms in total. The van der Waals surface area contributed by atoms with Crippen molar-refractivity contribution in [2.75, 3.05) is 11.5 Å². The minimum Gasteiger partial charge on any atom is -0.529 e. The first-order valence-corrected chi connectivity index (χ1v) is 11.0. The van der Waals surface area contributed by atoms with E-state index in [1.54, 1.807) is 38.1 Å². The summed E-state index contributed by atoms with van der Waals surface area (Å²) in [5.41, 5.74) is 0. The van der Waals surface area contributed by atoms with Crippen LogP contribution in [0.4, 0.5) is 0 Å². The third-order valence-electron chi connectivity index (χ3n) is 3.58. The fourth-order valence-corrected chi connectivity index (χ4v) is 3.75. The zero-order valence-electron chi connectivity index (χ0n) is 14.0. The molecule has 0 amide bonds. The zero-order valence-corrected chi connectivity index (χ0v) is 15.6. The lowest BCUT2D eigenvalue weighted by Gasteiger charge is -2.09. The van der Waals surface area contributed by atoms with Crippen molar-refractivity contribution in [3.05, 3.63) is 48.5 Å². The van der Waals surface area contributed by atoms with Crippen LogP contribution in [0.15, 0.2) is 58.3 Å². The highest BCUT2D eigenvalue weighted by molar-refractivity contribution is 7.91. The molecule has 0 atom stereocenters. The predicted molar refractivity (Wildman–Crippen MR) is 96.7 cm³/mol. The summed E-state index contributed by atoms with van der Waals surface area (Å²) in [5.74, 6) is 1.03. The number of sulfone groups is 2. The molecule has 0 aliphatic heterocycles. The van der Waals surface area contributed by atoms with Crippen LogP contribution in [0.5, 0.6) is 11.5 Å². The monoisotopic (exact) mass is 382 g/mol. The molecule has 0 heterocycles. The average molecular weight is 382 g/mol. The quantitative estimate of drug-likeness (QED) is 0.649. The molecule has 9 heteroatoms. The molecule has 2 aromatic carbocycles. The number of rotatable bonds is 8. The van der Waals surface area contributed by atoms with Gasteiger partial charge in [0.25, 0.3) is 0 Å². The molecule has 0 aromatic heterocycles. The van der Waals surface area contributed by atoms with Crippen molar-refractivity contribution in [3.63, 3.8) is 0 Å². The van der Waals surface area contributed by atoms with Crippen LogP contribution in [0.2, 0.25) is 0 Å². The van der Waals surface area contributed by atoms with Crippen molar-refractivity contribution in [3.8, 4) is 11.5 Å². The first-order chi connectivity index (χ1) is 11.8. The molecule has 0 N–H and O–H groups in total. The van der Waals surface area contributed by atoms with Gasteiger partial charge in [0.15, 0.2) is 19.7 Å². The maximum absolute atomic E-state index is 11.7. The smallest absolute Gasteiger partial charge is 0.529 e. The second-order valence-electron chi connectivity index (χ2n) is 5.16. The van der Waals surface area contributed by atoms with Crippen molar-refractivity contribution in [2.24, 2.45) is 0 Å².